The van der Waals surface area contributed by atoms with E-state index in [1.807, 2.05) is 24.3 Å². The minimum Gasteiger partial charge on any atom is -0.319 e. The van der Waals surface area contributed by atoms with Crippen molar-refractivity contribution in [3.63, 3.8) is 0 Å². The van der Waals surface area contributed by atoms with Crippen LogP contribution in [0.5, 0.6) is 0 Å². The van der Waals surface area contributed by atoms with Gasteiger partial charge in [0.2, 0.25) is 0 Å². The van der Waals surface area contributed by atoms with E-state index in [1.54, 1.807) is 13.3 Å². The summed E-state index contributed by atoms with van der Waals surface area (Å²) in [5.74, 6) is 0. The number of halogens is 1. The van der Waals surface area contributed by atoms with Crippen molar-refractivity contribution >= 4 is 35.0 Å². The Bertz CT molecular complexity index is 285. The van der Waals surface area contributed by atoms with Gasteiger partial charge in [0.15, 0.2) is 0 Å². The van der Waals surface area contributed by atoms with Crippen LogP contribution in [0, 0.1) is 3.57 Å². The van der Waals surface area contributed by atoms with Gasteiger partial charge in [-0.3, -0.25) is 0 Å². The standard InChI is InChI=1S/C8H10IOP/c1-11(2,10)8-5-3-7(9)4-6-8/h3-6H,1-2H3. The molecule has 0 atom stereocenters. The third kappa shape index (κ3) is 2.60. The van der Waals surface area contributed by atoms with E-state index in [4.69, 9.17) is 0 Å². The molecule has 0 radical (unpaired) electrons. The van der Waals surface area contributed by atoms with Crippen LogP contribution in [0.2, 0.25) is 0 Å². The average molecular weight is 280 g/mol. The smallest absolute Gasteiger partial charge is 0.109 e. The molecule has 1 aromatic carbocycles. The summed E-state index contributed by atoms with van der Waals surface area (Å²) in [7, 11) is -2.04. The van der Waals surface area contributed by atoms with E-state index in [0.29, 0.717) is 0 Å². The van der Waals surface area contributed by atoms with Crippen molar-refractivity contribution in [2.24, 2.45) is 0 Å². The molecule has 0 aromatic heterocycles. The summed E-state index contributed by atoms with van der Waals surface area (Å²) in [6.45, 7) is 3.57. The van der Waals surface area contributed by atoms with E-state index in [2.05, 4.69) is 22.6 Å². The average Bonchev–Trinajstić information content (AvgIpc) is 1.86. The van der Waals surface area contributed by atoms with Crippen LogP contribution in [0.25, 0.3) is 0 Å². The summed E-state index contributed by atoms with van der Waals surface area (Å²) in [6.07, 6.45) is 0. The molecule has 0 N–H and O–H groups in total. The zero-order valence-electron chi connectivity index (χ0n) is 6.54. The Morgan fingerprint density at radius 3 is 2.00 bits per heavy atom. The first kappa shape index (κ1) is 9.27. The van der Waals surface area contributed by atoms with Gasteiger partial charge in [-0.15, -0.1) is 0 Å². The molecule has 11 heavy (non-hydrogen) atoms. The summed E-state index contributed by atoms with van der Waals surface area (Å²) in [4.78, 5) is 0. The fraction of sp³-hybridized carbons (Fsp3) is 0.250. The minimum absolute atomic E-state index is 0.956. The van der Waals surface area contributed by atoms with Gasteiger partial charge in [-0.1, -0.05) is 12.1 Å². The second kappa shape index (κ2) is 3.28. The van der Waals surface area contributed by atoms with Gasteiger partial charge in [0.25, 0.3) is 0 Å². The normalized spacial score (nSPS) is 11.5. The molecule has 0 fully saturated rings. The molecule has 0 aliphatic heterocycles. The second-order valence-corrected chi connectivity index (χ2v) is 7.29. The van der Waals surface area contributed by atoms with Crippen molar-refractivity contribution in [3.05, 3.63) is 27.8 Å². The van der Waals surface area contributed by atoms with Crippen LogP contribution >= 0.6 is 29.7 Å². The Balaban J connectivity index is 3.09. The van der Waals surface area contributed by atoms with Crippen molar-refractivity contribution < 1.29 is 4.57 Å². The van der Waals surface area contributed by atoms with Gasteiger partial charge in [-0.25, -0.2) is 0 Å². The number of hydrogen-bond acceptors (Lipinski definition) is 1. The van der Waals surface area contributed by atoms with E-state index in [0.717, 1.165) is 5.30 Å². The fourth-order valence-electron chi connectivity index (χ4n) is 0.800. The largest absolute Gasteiger partial charge is 0.319 e. The Morgan fingerprint density at radius 1 is 1.18 bits per heavy atom. The molecule has 1 rings (SSSR count). The molecule has 0 spiro atoms. The molecule has 3 heteroatoms. The van der Waals surface area contributed by atoms with E-state index >= 15 is 0 Å². The summed E-state index contributed by atoms with van der Waals surface area (Å²) in [5, 5.41) is 0.956. The van der Waals surface area contributed by atoms with Gasteiger partial charge in [0.05, 0.1) is 0 Å². The quantitative estimate of drug-likeness (QED) is 0.570. The van der Waals surface area contributed by atoms with Gasteiger partial charge >= 0.3 is 0 Å². The van der Waals surface area contributed by atoms with Gasteiger partial charge in [0, 0.05) is 8.87 Å². The first-order valence-corrected chi connectivity index (χ1v) is 6.99. The third-order valence-corrected chi connectivity index (χ3v) is 3.71. The zero-order valence-corrected chi connectivity index (χ0v) is 9.59. The van der Waals surface area contributed by atoms with Crippen LogP contribution in [-0.2, 0) is 4.57 Å². The molecule has 60 valence electrons. The summed E-state index contributed by atoms with van der Waals surface area (Å²) in [5.41, 5.74) is 0. The van der Waals surface area contributed by atoms with E-state index in [1.165, 1.54) is 3.57 Å². The van der Waals surface area contributed by atoms with Gasteiger partial charge < -0.3 is 4.57 Å². The highest BCUT2D eigenvalue weighted by Gasteiger charge is 2.09. The molecular weight excluding hydrogens is 270 g/mol. The van der Waals surface area contributed by atoms with Crippen LogP contribution in [-0.4, -0.2) is 13.3 Å². The van der Waals surface area contributed by atoms with Gasteiger partial charge in [-0.2, -0.15) is 0 Å². The van der Waals surface area contributed by atoms with Crippen molar-refractivity contribution in [3.8, 4) is 0 Å². The molecule has 0 aliphatic carbocycles. The van der Waals surface area contributed by atoms with Crippen molar-refractivity contribution in [2.45, 2.75) is 0 Å². The van der Waals surface area contributed by atoms with Crippen LogP contribution in [0.4, 0.5) is 0 Å². The molecular formula is C8H10IOP. The number of benzene rings is 1. The van der Waals surface area contributed by atoms with E-state index in [9.17, 15) is 4.57 Å². The Labute approximate surface area is 80.7 Å². The summed E-state index contributed by atoms with van der Waals surface area (Å²) >= 11 is 2.23. The third-order valence-electron chi connectivity index (χ3n) is 1.45. The number of rotatable bonds is 1. The first-order valence-electron chi connectivity index (χ1n) is 3.31. The predicted molar refractivity (Wildman–Crippen MR) is 58.2 cm³/mol. The maximum Gasteiger partial charge on any atom is 0.109 e. The Hall–Kier alpha value is 0.180. The minimum atomic E-state index is -2.04. The molecule has 0 heterocycles. The number of hydrogen-bond donors (Lipinski definition) is 0. The van der Waals surface area contributed by atoms with Crippen molar-refractivity contribution in [1.82, 2.24) is 0 Å². The molecule has 0 aliphatic rings. The highest BCUT2D eigenvalue weighted by molar-refractivity contribution is 14.1. The highest BCUT2D eigenvalue weighted by atomic mass is 127. The van der Waals surface area contributed by atoms with Gasteiger partial charge in [0.1, 0.15) is 7.14 Å². The van der Waals surface area contributed by atoms with E-state index in [-0.39, 0.29) is 0 Å². The van der Waals surface area contributed by atoms with Crippen LogP contribution < -0.4 is 5.30 Å². The Morgan fingerprint density at radius 2 is 1.64 bits per heavy atom. The molecule has 0 saturated carbocycles. The molecule has 0 unspecified atom stereocenters. The maximum absolute atomic E-state index is 11.5. The molecule has 0 saturated heterocycles. The summed E-state index contributed by atoms with van der Waals surface area (Å²) in [6, 6.07) is 7.83. The highest BCUT2D eigenvalue weighted by Crippen LogP contribution is 2.34. The SMILES string of the molecule is CP(C)(=O)c1ccc(I)cc1. The van der Waals surface area contributed by atoms with Gasteiger partial charge in [-0.05, 0) is 48.1 Å². The Kier molecular flexibility index (Phi) is 2.76. The molecule has 1 aromatic rings. The van der Waals surface area contributed by atoms with Crippen LogP contribution in [0.1, 0.15) is 0 Å². The van der Waals surface area contributed by atoms with Crippen LogP contribution in [0.15, 0.2) is 24.3 Å². The lowest BCUT2D eigenvalue weighted by atomic mass is 10.4. The topological polar surface area (TPSA) is 17.1 Å². The van der Waals surface area contributed by atoms with E-state index < -0.39 is 7.14 Å². The summed E-state index contributed by atoms with van der Waals surface area (Å²) < 4.78 is 12.7. The lowest BCUT2D eigenvalue weighted by molar-refractivity contribution is 0.588. The van der Waals surface area contributed by atoms with Crippen molar-refractivity contribution in [1.29, 1.82) is 0 Å². The van der Waals surface area contributed by atoms with Crippen LogP contribution in [0.3, 0.4) is 0 Å². The second-order valence-electron chi connectivity index (χ2n) is 2.83. The molecule has 0 bridgehead atoms. The fourth-order valence-corrected chi connectivity index (χ4v) is 2.03. The molecule has 1 nitrogen and oxygen atoms in total. The predicted octanol–water partition coefficient (Wildman–Crippen LogP) is 2.54. The zero-order chi connectivity index (χ0) is 8.48. The lowest BCUT2D eigenvalue weighted by Gasteiger charge is -2.05. The monoisotopic (exact) mass is 280 g/mol. The molecule has 0 amide bonds. The maximum atomic E-state index is 11.5. The van der Waals surface area contributed by atoms with Crippen molar-refractivity contribution in [2.75, 3.05) is 13.3 Å². The lowest BCUT2D eigenvalue weighted by Crippen LogP contribution is -2.01. The first-order chi connectivity index (χ1) is 5.00.